The quantitative estimate of drug-likeness (QED) is 0.311. The number of rotatable bonds is 8. The number of nitrogens with zero attached hydrogens (tertiary/aromatic N) is 3. The lowest BCUT2D eigenvalue weighted by molar-refractivity contribution is -0.133. The molecule has 1 fully saturated rings. The molecule has 1 saturated heterocycles. The lowest BCUT2D eigenvalue weighted by Gasteiger charge is -2.35. The highest BCUT2D eigenvalue weighted by atomic mass is 35.5. The maximum atomic E-state index is 13.6. The number of carbonyl (C=O) groups excluding carboxylic acids is 1. The molecule has 3 aromatic carbocycles. The average molecular weight is 552 g/mol. The van der Waals surface area contributed by atoms with Crippen LogP contribution in [0.15, 0.2) is 71.5 Å². The number of hydrogen-bond acceptors (Lipinski definition) is 6. The average Bonchev–Trinajstić information content (AvgIpc) is 3.25. The summed E-state index contributed by atoms with van der Waals surface area (Å²) < 4.78 is 13.2. The molecule has 0 aliphatic carbocycles. The topological polar surface area (TPSA) is 64.0 Å². The third kappa shape index (κ3) is 5.78. The highest BCUT2D eigenvalue weighted by Gasteiger charge is 2.26. The van der Waals surface area contributed by atoms with Gasteiger partial charge in [0.15, 0.2) is 0 Å². The van der Waals surface area contributed by atoms with Gasteiger partial charge in [0.2, 0.25) is 5.91 Å². The Labute approximate surface area is 230 Å². The van der Waals surface area contributed by atoms with Crippen LogP contribution in [0.3, 0.4) is 0 Å². The number of fused-ring (bicyclic) bond motifs is 1. The fourth-order valence-electron chi connectivity index (χ4n) is 4.79. The molecule has 1 aliphatic rings. The van der Waals surface area contributed by atoms with Gasteiger partial charge in [-0.1, -0.05) is 59.3 Å². The van der Waals surface area contributed by atoms with Crippen LogP contribution < -0.4 is 9.61 Å². The molecule has 7 nitrogen and oxygen atoms in total. The number of aromatic nitrogens is 1. The summed E-state index contributed by atoms with van der Waals surface area (Å²) in [6.07, 6.45) is 0. The van der Waals surface area contributed by atoms with Crippen molar-refractivity contribution in [2.24, 2.45) is 0 Å². The van der Waals surface area contributed by atoms with E-state index in [1.54, 1.807) is 24.1 Å². The maximum Gasteiger partial charge on any atom is 0.308 e. The van der Waals surface area contributed by atoms with E-state index in [9.17, 15) is 9.59 Å². The van der Waals surface area contributed by atoms with Gasteiger partial charge in [-0.15, -0.1) is 0 Å². The molecule has 198 valence electrons. The van der Waals surface area contributed by atoms with Gasteiger partial charge in [0, 0.05) is 31.7 Å². The molecule has 0 radical (unpaired) electrons. The van der Waals surface area contributed by atoms with Gasteiger partial charge in [0.1, 0.15) is 12.3 Å². The van der Waals surface area contributed by atoms with Gasteiger partial charge in [0.05, 0.1) is 36.6 Å². The van der Waals surface area contributed by atoms with E-state index in [1.165, 1.54) is 4.57 Å². The van der Waals surface area contributed by atoms with Crippen molar-refractivity contribution in [2.45, 2.75) is 12.6 Å². The second kappa shape index (κ2) is 11.7. The Morgan fingerprint density at radius 1 is 1.08 bits per heavy atom. The third-order valence-corrected chi connectivity index (χ3v) is 8.21. The molecule has 1 amide bonds. The number of benzene rings is 3. The van der Waals surface area contributed by atoms with Crippen LogP contribution in [0.5, 0.6) is 5.75 Å². The van der Waals surface area contributed by atoms with E-state index in [0.29, 0.717) is 30.3 Å². The molecule has 1 atom stereocenters. The van der Waals surface area contributed by atoms with Gasteiger partial charge in [-0.25, -0.2) is 0 Å². The number of morpholine rings is 1. The molecular formula is C29H30ClN3O4S. The van der Waals surface area contributed by atoms with Gasteiger partial charge in [-0.3, -0.25) is 19.1 Å². The first-order chi connectivity index (χ1) is 18.4. The molecule has 38 heavy (non-hydrogen) atoms. The Bertz CT molecular complexity index is 1480. The minimum absolute atomic E-state index is 0.0445. The second-order valence-electron chi connectivity index (χ2n) is 9.35. The number of hydrogen-bond donors (Lipinski definition) is 0. The van der Waals surface area contributed by atoms with E-state index in [1.807, 2.05) is 37.4 Å². The van der Waals surface area contributed by atoms with Crippen LogP contribution in [0.1, 0.15) is 11.6 Å². The number of carbonyl (C=O) groups is 1. The van der Waals surface area contributed by atoms with Crippen molar-refractivity contribution >= 4 is 39.1 Å². The van der Waals surface area contributed by atoms with E-state index in [0.717, 1.165) is 51.6 Å². The van der Waals surface area contributed by atoms with E-state index >= 15 is 0 Å². The first-order valence-corrected chi connectivity index (χ1v) is 13.7. The lowest BCUT2D eigenvalue weighted by Crippen LogP contribution is -2.44. The van der Waals surface area contributed by atoms with Crippen LogP contribution in [0.25, 0.3) is 21.3 Å². The molecular weight excluding hydrogens is 522 g/mol. The first-order valence-electron chi connectivity index (χ1n) is 12.5. The zero-order valence-corrected chi connectivity index (χ0v) is 23.0. The summed E-state index contributed by atoms with van der Waals surface area (Å²) in [5.74, 6) is 0.668. The molecule has 1 aromatic heterocycles. The molecule has 0 bridgehead atoms. The van der Waals surface area contributed by atoms with Crippen LogP contribution in [0.2, 0.25) is 5.02 Å². The van der Waals surface area contributed by atoms with E-state index < -0.39 is 0 Å². The number of amides is 1. The van der Waals surface area contributed by atoms with Crippen molar-refractivity contribution in [1.29, 1.82) is 0 Å². The van der Waals surface area contributed by atoms with E-state index in [-0.39, 0.29) is 23.4 Å². The van der Waals surface area contributed by atoms with Crippen molar-refractivity contribution in [1.82, 2.24) is 14.4 Å². The second-order valence-corrected chi connectivity index (χ2v) is 10.8. The monoisotopic (exact) mass is 551 g/mol. The van der Waals surface area contributed by atoms with Crippen LogP contribution in [-0.2, 0) is 16.1 Å². The zero-order valence-electron chi connectivity index (χ0n) is 21.4. The summed E-state index contributed by atoms with van der Waals surface area (Å²) in [6.45, 7) is 3.61. The molecule has 2 heterocycles. The molecule has 0 saturated carbocycles. The lowest BCUT2D eigenvalue weighted by atomic mass is 9.99. The summed E-state index contributed by atoms with van der Waals surface area (Å²) in [6, 6.07) is 21.4. The summed E-state index contributed by atoms with van der Waals surface area (Å²) in [5.41, 5.74) is 3.85. The van der Waals surface area contributed by atoms with Gasteiger partial charge < -0.3 is 14.4 Å². The summed E-state index contributed by atoms with van der Waals surface area (Å²) in [7, 11) is 3.48. The molecule has 0 spiro atoms. The molecule has 1 aliphatic heterocycles. The Balaban J connectivity index is 1.42. The normalized spacial score (nSPS) is 14.9. The fourth-order valence-corrected chi connectivity index (χ4v) is 5.82. The first kappa shape index (κ1) is 26.4. The Hall–Kier alpha value is -3.17. The molecule has 9 heteroatoms. The smallest absolute Gasteiger partial charge is 0.308 e. The number of halogens is 1. The summed E-state index contributed by atoms with van der Waals surface area (Å²) >= 11 is 7.31. The summed E-state index contributed by atoms with van der Waals surface area (Å²) in [5, 5.41) is 0.533. The van der Waals surface area contributed by atoms with Crippen LogP contribution >= 0.6 is 22.9 Å². The minimum Gasteiger partial charge on any atom is -0.497 e. The largest absolute Gasteiger partial charge is 0.497 e. The highest BCUT2D eigenvalue weighted by molar-refractivity contribution is 7.16. The Morgan fingerprint density at radius 2 is 1.84 bits per heavy atom. The van der Waals surface area contributed by atoms with Crippen molar-refractivity contribution < 1.29 is 14.3 Å². The predicted octanol–water partition coefficient (Wildman–Crippen LogP) is 4.92. The maximum absolute atomic E-state index is 13.6. The molecule has 4 aromatic rings. The molecule has 5 rings (SSSR count). The van der Waals surface area contributed by atoms with E-state index in [2.05, 4.69) is 29.2 Å². The number of thiazole rings is 1. The van der Waals surface area contributed by atoms with Crippen LogP contribution in [-0.4, -0.2) is 67.3 Å². The zero-order chi connectivity index (χ0) is 26.6. The third-order valence-electron chi connectivity index (χ3n) is 7.02. The Kier molecular flexibility index (Phi) is 8.14. The van der Waals surface area contributed by atoms with Crippen LogP contribution in [0, 0.1) is 0 Å². The minimum atomic E-state index is -0.191. The SMILES string of the molecule is COc1cccc(-c2ccc(C(CN3CCOCC3)N(C)C(=O)Cn3c(=O)sc4ccc(Cl)cc43)cc2)c1. The van der Waals surface area contributed by atoms with Crippen LogP contribution in [0.4, 0.5) is 0 Å². The standard InChI is InChI=1S/C29H30ClN3O4S/c1-31(28(34)19-33-25-17-23(30)10-11-27(25)38-29(33)35)26(18-32-12-14-37-15-13-32)21-8-6-20(7-9-21)22-4-3-5-24(16-22)36-2/h3-11,16-17,26H,12-15,18-19H2,1-2H3. The highest BCUT2D eigenvalue weighted by Crippen LogP contribution is 2.28. The van der Waals surface area contributed by atoms with Crippen molar-refractivity contribution in [3.05, 3.63) is 87.0 Å². The van der Waals surface area contributed by atoms with Gasteiger partial charge in [-0.2, -0.15) is 0 Å². The molecule has 0 N–H and O–H groups in total. The van der Waals surface area contributed by atoms with Gasteiger partial charge >= 0.3 is 4.87 Å². The van der Waals surface area contributed by atoms with E-state index in [4.69, 9.17) is 21.1 Å². The number of methoxy groups -OCH3 is 1. The predicted molar refractivity (Wildman–Crippen MR) is 152 cm³/mol. The number of likely N-dealkylation sites (N-methyl/N-ethyl adjacent to an activating group) is 1. The van der Waals surface area contributed by atoms with Crippen molar-refractivity contribution in [2.75, 3.05) is 47.0 Å². The van der Waals surface area contributed by atoms with Crippen molar-refractivity contribution in [3.63, 3.8) is 0 Å². The van der Waals surface area contributed by atoms with Gasteiger partial charge in [-0.05, 0) is 47.0 Å². The van der Waals surface area contributed by atoms with Crippen molar-refractivity contribution in [3.8, 4) is 16.9 Å². The molecule has 1 unspecified atom stereocenters. The number of ether oxygens (including phenoxy) is 2. The summed E-state index contributed by atoms with van der Waals surface area (Å²) in [4.78, 5) is 30.2. The fraction of sp³-hybridized carbons (Fsp3) is 0.310. The van der Waals surface area contributed by atoms with Gasteiger partial charge in [0.25, 0.3) is 0 Å². The Morgan fingerprint density at radius 3 is 2.58 bits per heavy atom.